The number of hydrogen-bond donors (Lipinski definition) is 0. The zero-order valence-electron chi connectivity index (χ0n) is 14.0. The summed E-state index contributed by atoms with van der Waals surface area (Å²) in [4.78, 5) is 15.4. The average Bonchev–Trinajstić information content (AvgIpc) is 2.63. The van der Waals surface area contributed by atoms with E-state index in [9.17, 15) is 4.79 Å². The van der Waals surface area contributed by atoms with Crippen LogP contribution in [0, 0.1) is 0 Å². The van der Waals surface area contributed by atoms with Gasteiger partial charge in [0.2, 0.25) is 0 Å². The van der Waals surface area contributed by atoms with Gasteiger partial charge in [0.05, 0.1) is 5.49 Å². The van der Waals surface area contributed by atoms with Crippen molar-refractivity contribution in [1.82, 2.24) is 9.80 Å². The Hall–Kier alpha value is -1.46. The molecule has 24 heavy (non-hydrogen) atoms. The van der Waals surface area contributed by atoms with Gasteiger partial charge in [0.15, 0.2) is 5.78 Å². The van der Waals surface area contributed by atoms with E-state index < -0.39 is 0 Å². The normalized spacial score (nSPS) is 16.8. The van der Waals surface area contributed by atoms with Gasteiger partial charge in [-0.25, -0.2) is 0 Å². The number of carbonyl (C=O) groups excluding carboxylic acids is 1. The van der Waals surface area contributed by atoms with Crippen LogP contribution in [0.1, 0.15) is 30.1 Å². The Morgan fingerprint density at radius 3 is 2.29 bits per heavy atom. The van der Waals surface area contributed by atoms with Gasteiger partial charge in [-0.15, -0.1) is 0 Å². The molecule has 3 rings (SSSR count). The molecule has 1 aromatic carbocycles. The van der Waals surface area contributed by atoms with E-state index in [4.69, 9.17) is 12.2 Å². The van der Waals surface area contributed by atoms with Crippen molar-refractivity contribution in [3.8, 4) is 0 Å². The van der Waals surface area contributed by atoms with E-state index in [0.717, 1.165) is 36.2 Å². The van der Waals surface area contributed by atoms with Crippen molar-refractivity contribution < 1.29 is 4.79 Å². The second kappa shape index (κ2) is 9.74. The second-order valence-corrected chi connectivity index (χ2v) is 6.93. The van der Waals surface area contributed by atoms with Crippen LogP contribution in [0.5, 0.6) is 0 Å². The van der Waals surface area contributed by atoms with E-state index in [2.05, 4.69) is 44.0 Å². The van der Waals surface area contributed by atoms with Crippen molar-refractivity contribution in [3.05, 3.63) is 58.2 Å². The topological polar surface area (TPSA) is 23.6 Å². The van der Waals surface area contributed by atoms with Crippen LogP contribution in [-0.4, -0.2) is 47.3 Å². The molecule has 0 spiro atoms. The van der Waals surface area contributed by atoms with Gasteiger partial charge in [0.1, 0.15) is 0 Å². The smallest absolute Gasteiger partial charge is 0.159 e. The predicted octanol–water partition coefficient (Wildman–Crippen LogP) is 4.45. The van der Waals surface area contributed by atoms with Crippen LogP contribution in [0.2, 0.25) is 0 Å². The molecule has 0 amide bonds. The van der Waals surface area contributed by atoms with Crippen LogP contribution in [0.25, 0.3) is 0 Å². The molecule has 0 radical (unpaired) electrons. The van der Waals surface area contributed by atoms with Crippen molar-refractivity contribution in [2.24, 2.45) is 0 Å². The molecule has 1 saturated heterocycles. The fourth-order valence-electron chi connectivity index (χ4n) is 2.60. The first-order chi connectivity index (χ1) is 11.6. The van der Waals surface area contributed by atoms with Crippen molar-refractivity contribution in [3.63, 3.8) is 0 Å². The molecular formula is C19H23BrN2OS. The molecule has 0 saturated carbocycles. The molecule has 2 aliphatic rings. The first kappa shape index (κ1) is 18.9. The summed E-state index contributed by atoms with van der Waals surface area (Å²) < 4.78 is 0.998. The molecule has 1 aromatic rings. The Morgan fingerprint density at radius 1 is 1.12 bits per heavy atom. The van der Waals surface area contributed by atoms with E-state index in [1.54, 1.807) is 24.5 Å². The molecule has 0 bridgehead atoms. The average molecular weight is 407 g/mol. The first-order valence-corrected chi connectivity index (χ1v) is 9.44. The lowest BCUT2D eigenvalue weighted by molar-refractivity contribution is 0.101. The van der Waals surface area contributed by atoms with Gasteiger partial charge >= 0.3 is 0 Å². The predicted molar refractivity (Wildman–Crippen MR) is 107 cm³/mol. The number of carbonyl (C=O) groups is 1. The third kappa shape index (κ3) is 5.87. The van der Waals surface area contributed by atoms with Crippen molar-refractivity contribution in [1.29, 1.82) is 0 Å². The van der Waals surface area contributed by atoms with E-state index in [0.29, 0.717) is 0 Å². The lowest BCUT2D eigenvalue weighted by Gasteiger charge is -2.36. The third-order valence-electron chi connectivity index (χ3n) is 4.05. The molecule has 1 aliphatic heterocycles. The number of ketones is 1. The minimum atomic E-state index is 0.104. The number of piperazine rings is 1. The maximum atomic E-state index is 10.7. The molecule has 3 nitrogen and oxygen atoms in total. The number of rotatable bonds is 3. The monoisotopic (exact) mass is 406 g/mol. The molecule has 1 fully saturated rings. The van der Waals surface area contributed by atoms with Crippen LogP contribution in [0.15, 0.2) is 52.7 Å². The number of halogens is 1. The Kier molecular flexibility index (Phi) is 7.66. The van der Waals surface area contributed by atoms with Gasteiger partial charge in [-0.2, -0.15) is 0 Å². The van der Waals surface area contributed by atoms with Crippen LogP contribution in [-0.2, 0) is 0 Å². The maximum absolute atomic E-state index is 10.7. The lowest BCUT2D eigenvalue weighted by atomic mass is 10.1. The maximum Gasteiger partial charge on any atom is 0.159 e. The number of benzene rings is 1. The fraction of sp³-hybridized carbons (Fsp3) is 0.368. The Balaban J connectivity index is 0.000000185. The summed E-state index contributed by atoms with van der Waals surface area (Å²) in [6, 6.07) is 7.31. The van der Waals surface area contributed by atoms with E-state index in [1.165, 1.54) is 18.5 Å². The summed E-state index contributed by atoms with van der Waals surface area (Å²) in [6.07, 6.45) is 9.24. The summed E-state index contributed by atoms with van der Waals surface area (Å²) in [5.41, 5.74) is 3.94. The number of nitrogens with zero attached hydrogens (tertiary/aromatic N) is 2. The highest BCUT2D eigenvalue weighted by molar-refractivity contribution is 9.10. The van der Waals surface area contributed by atoms with E-state index in [1.807, 2.05) is 12.1 Å². The number of hydrogen-bond acceptors (Lipinski definition) is 3. The van der Waals surface area contributed by atoms with Crippen molar-refractivity contribution >= 4 is 39.4 Å². The van der Waals surface area contributed by atoms with Gasteiger partial charge in [-0.3, -0.25) is 4.79 Å². The highest BCUT2D eigenvalue weighted by Crippen LogP contribution is 2.16. The Bertz CT molecular complexity index is 617. The van der Waals surface area contributed by atoms with Gasteiger partial charge in [0, 0.05) is 41.9 Å². The standard InChI is InChI=1S/C11H16N2S.C8H7BrO/c14-10-12-6-8-13(9-7-12)11-4-2-1-3-5-11;1-6(10)7-2-4-8(9)5-3-7/h2,4-5,10H,1,3,6-9H2;2-5H,1H3. The summed E-state index contributed by atoms with van der Waals surface area (Å²) in [7, 11) is 0. The van der Waals surface area contributed by atoms with E-state index in [-0.39, 0.29) is 5.78 Å². The lowest BCUT2D eigenvalue weighted by Crippen LogP contribution is -2.44. The molecular weight excluding hydrogens is 384 g/mol. The third-order valence-corrected chi connectivity index (χ3v) is 4.88. The summed E-state index contributed by atoms with van der Waals surface area (Å²) in [6.45, 7) is 5.89. The minimum Gasteiger partial charge on any atom is -0.368 e. The second-order valence-electron chi connectivity index (χ2n) is 5.80. The molecule has 0 N–H and O–H groups in total. The van der Waals surface area contributed by atoms with Gasteiger partial charge in [-0.05, 0) is 38.0 Å². The highest BCUT2D eigenvalue weighted by Gasteiger charge is 2.15. The summed E-state index contributed by atoms with van der Waals surface area (Å²) in [5.74, 6) is 0.104. The number of Topliss-reactive ketones (excluding diaryl/α,β-unsaturated/α-hetero) is 1. The molecule has 0 aromatic heterocycles. The zero-order chi connectivity index (χ0) is 17.4. The number of allylic oxidation sites excluding steroid dienone is 3. The van der Waals surface area contributed by atoms with Gasteiger partial charge in [-0.1, -0.05) is 52.4 Å². The van der Waals surface area contributed by atoms with E-state index >= 15 is 0 Å². The first-order valence-electron chi connectivity index (χ1n) is 8.17. The molecule has 5 heteroatoms. The van der Waals surface area contributed by atoms with Gasteiger partial charge in [0.25, 0.3) is 0 Å². The Labute approximate surface area is 158 Å². The van der Waals surface area contributed by atoms with Gasteiger partial charge < -0.3 is 9.80 Å². The minimum absolute atomic E-state index is 0.104. The quantitative estimate of drug-likeness (QED) is 0.546. The molecule has 128 valence electrons. The van der Waals surface area contributed by atoms with Crippen LogP contribution in [0.4, 0.5) is 0 Å². The summed E-state index contributed by atoms with van der Waals surface area (Å²) in [5, 5.41) is 0. The van der Waals surface area contributed by atoms with Crippen molar-refractivity contribution in [2.75, 3.05) is 26.2 Å². The molecule has 0 atom stereocenters. The van der Waals surface area contributed by atoms with Crippen LogP contribution >= 0.6 is 28.1 Å². The molecule has 1 aliphatic carbocycles. The highest BCUT2D eigenvalue weighted by atomic mass is 79.9. The summed E-state index contributed by atoms with van der Waals surface area (Å²) >= 11 is 8.20. The SMILES string of the molecule is CC(=O)c1ccc(Br)cc1.S=CN1CCN(C2=CCCC=C2)CC1. The van der Waals surface area contributed by atoms with Crippen LogP contribution < -0.4 is 0 Å². The van der Waals surface area contributed by atoms with Crippen molar-refractivity contribution in [2.45, 2.75) is 19.8 Å². The number of thiocarbonyl (C=S) groups is 1. The molecule has 0 unspecified atom stereocenters. The zero-order valence-corrected chi connectivity index (χ0v) is 16.4. The molecule has 1 heterocycles. The van der Waals surface area contributed by atoms with Crippen LogP contribution in [0.3, 0.4) is 0 Å². The fourth-order valence-corrected chi connectivity index (χ4v) is 3.08. The Morgan fingerprint density at radius 2 is 1.79 bits per heavy atom. The largest absolute Gasteiger partial charge is 0.368 e.